The summed E-state index contributed by atoms with van der Waals surface area (Å²) in [5.74, 6) is 0.954. The van der Waals surface area contributed by atoms with Gasteiger partial charge < -0.3 is 9.32 Å². The van der Waals surface area contributed by atoms with Crippen LogP contribution in [-0.2, 0) is 0 Å². The van der Waals surface area contributed by atoms with E-state index >= 15 is 0 Å². The second-order valence-corrected chi connectivity index (χ2v) is 7.13. The van der Waals surface area contributed by atoms with Crippen LogP contribution < -0.4 is 0 Å². The lowest BCUT2D eigenvalue weighted by Crippen LogP contribution is -2.27. The Morgan fingerprint density at radius 1 is 1.12 bits per heavy atom. The fourth-order valence-electron chi connectivity index (χ4n) is 3.11. The number of aromatic nitrogens is 4. The third-order valence-corrected chi connectivity index (χ3v) is 5.47. The van der Waals surface area contributed by atoms with E-state index in [0.717, 1.165) is 41.8 Å². The largest absolute Gasteiger partial charge is 0.420 e. The number of rotatable bonds is 3. The number of carbonyl (C=O) groups excluding carboxylic acids is 1. The van der Waals surface area contributed by atoms with Gasteiger partial charge in [0, 0.05) is 25.6 Å². The number of amides is 1. The van der Waals surface area contributed by atoms with E-state index in [-0.39, 0.29) is 5.91 Å². The van der Waals surface area contributed by atoms with Crippen molar-refractivity contribution in [3.8, 4) is 17.3 Å². The zero-order valence-corrected chi connectivity index (χ0v) is 16.2. The van der Waals surface area contributed by atoms with Crippen molar-refractivity contribution < 1.29 is 9.21 Å². The molecule has 0 aliphatic carbocycles. The van der Waals surface area contributed by atoms with Crippen molar-refractivity contribution in [3.63, 3.8) is 0 Å². The summed E-state index contributed by atoms with van der Waals surface area (Å²) in [7, 11) is 0. The number of benzene rings is 1. The average molecular weight is 416 g/mol. The lowest BCUT2D eigenvalue weighted by molar-refractivity contribution is 0.0793. The molecule has 4 rings (SSSR count). The van der Waals surface area contributed by atoms with Crippen LogP contribution in [0.2, 0.25) is 0 Å². The molecule has 8 heteroatoms. The second kappa shape index (κ2) is 6.68. The zero-order valence-electron chi connectivity index (χ0n) is 14.6. The average Bonchev–Trinajstić information content (AvgIpc) is 3.38. The van der Waals surface area contributed by atoms with Gasteiger partial charge in [0.25, 0.3) is 11.8 Å². The first-order valence-electron chi connectivity index (χ1n) is 8.50. The Bertz CT molecular complexity index is 955. The highest BCUT2D eigenvalue weighted by Crippen LogP contribution is 2.31. The molecule has 1 amide bonds. The first-order chi connectivity index (χ1) is 12.5. The van der Waals surface area contributed by atoms with Crippen LogP contribution in [0.15, 0.2) is 33.2 Å². The fraction of sp³-hybridized carbons (Fsp3) is 0.333. The van der Waals surface area contributed by atoms with Crippen LogP contribution in [0.4, 0.5) is 0 Å². The van der Waals surface area contributed by atoms with E-state index in [2.05, 4.69) is 31.2 Å². The Hall–Kier alpha value is -2.48. The van der Waals surface area contributed by atoms with E-state index in [0.29, 0.717) is 23.0 Å². The van der Waals surface area contributed by atoms with Crippen LogP contribution in [-0.4, -0.2) is 43.9 Å². The van der Waals surface area contributed by atoms with Gasteiger partial charge in [-0.1, -0.05) is 0 Å². The molecule has 0 spiro atoms. The molecule has 0 radical (unpaired) electrons. The number of aryl methyl sites for hydroxylation is 1. The van der Waals surface area contributed by atoms with Crippen molar-refractivity contribution in [1.82, 2.24) is 24.9 Å². The van der Waals surface area contributed by atoms with Gasteiger partial charge in [0.2, 0.25) is 5.89 Å². The van der Waals surface area contributed by atoms with Gasteiger partial charge in [-0.15, -0.1) is 10.2 Å². The summed E-state index contributed by atoms with van der Waals surface area (Å²) in [6.45, 7) is 5.38. The first-order valence-corrected chi connectivity index (χ1v) is 9.29. The molecule has 2 aromatic heterocycles. The first kappa shape index (κ1) is 17.0. The second-order valence-electron chi connectivity index (χ2n) is 6.33. The van der Waals surface area contributed by atoms with Crippen molar-refractivity contribution >= 4 is 21.8 Å². The summed E-state index contributed by atoms with van der Waals surface area (Å²) in [6, 6.07) is 7.50. The number of carbonyl (C=O) groups is 1. The van der Waals surface area contributed by atoms with Crippen molar-refractivity contribution in [2.75, 3.05) is 13.1 Å². The molecule has 3 aromatic rings. The molecule has 134 valence electrons. The Morgan fingerprint density at radius 3 is 2.42 bits per heavy atom. The summed E-state index contributed by atoms with van der Waals surface area (Å²) < 4.78 is 8.08. The summed E-state index contributed by atoms with van der Waals surface area (Å²) >= 11 is 3.55. The van der Waals surface area contributed by atoms with Crippen molar-refractivity contribution in [1.29, 1.82) is 0 Å². The highest BCUT2D eigenvalue weighted by molar-refractivity contribution is 9.10. The molecule has 0 saturated carbocycles. The molecular weight excluding hydrogens is 398 g/mol. The number of hydrogen-bond acceptors (Lipinski definition) is 5. The minimum absolute atomic E-state index is 0.0921. The van der Waals surface area contributed by atoms with Crippen LogP contribution in [0.1, 0.15) is 34.8 Å². The number of hydrogen-bond donors (Lipinski definition) is 0. The van der Waals surface area contributed by atoms with Crippen LogP contribution >= 0.6 is 15.9 Å². The molecule has 1 fully saturated rings. The lowest BCUT2D eigenvalue weighted by atomic mass is 10.2. The van der Waals surface area contributed by atoms with E-state index in [1.165, 1.54) is 0 Å². The molecular formula is C18H18BrN5O2. The highest BCUT2D eigenvalue weighted by Gasteiger charge is 2.21. The number of likely N-dealkylation sites (tertiary alicyclic amines) is 1. The molecule has 0 N–H and O–H groups in total. The Kier molecular flexibility index (Phi) is 4.36. The molecule has 0 unspecified atom stereocenters. The van der Waals surface area contributed by atoms with E-state index in [1.807, 2.05) is 36.1 Å². The molecule has 1 aliphatic rings. The van der Waals surface area contributed by atoms with Crippen LogP contribution in [0.25, 0.3) is 17.3 Å². The molecule has 3 heterocycles. The van der Waals surface area contributed by atoms with Gasteiger partial charge in [0.15, 0.2) is 5.69 Å². The molecule has 1 aliphatic heterocycles. The van der Waals surface area contributed by atoms with Gasteiger partial charge >= 0.3 is 0 Å². The molecule has 1 saturated heterocycles. The van der Waals surface area contributed by atoms with Crippen molar-refractivity contribution in [2.24, 2.45) is 0 Å². The van der Waals surface area contributed by atoms with Gasteiger partial charge in [-0.05, 0) is 60.0 Å². The zero-order chi connectivity index (χ0) is 18.3. The molecule has 7 nitrogen and oxygen atoms in total. The van der Waals surface area contributed by atoms with E-state index in [1.54, 1.807) is 11.6 Å². The minimum Gasteiger partial charge on any atom is -0.420 e. The SMILES string of the molecule is Cc1nnc(-c2nn(-c3ccc(C(=O)N4CCCC4)cc3)c(C)c2Br)o1. The summed E-state index contributed by atoms with van der Waals surface area (Å²) in [5.41, 5.74) is 3.07. The molecule has 26 heavy (non-hydrogen) atoms. The summed E-state index contributed by atoms with van der Waals surface area (Å²) in [4.78, 5) is 14.4. The fourth-order valence-corrected chi connectivity index (χ4v) is 3.53. The van der Waals surface area contributed by atoms with Gasteiger partial charge in [0.05, 0.1) is 15.9 Å². The smallest absolute Gasteiger partial charge is 0.269 e. The van der Waals surface area contributed by atoms with Gasteiger partial charge in [-0.25, -0.2) is 4.68 Å². The quantitative estimate of drug-likeness (QED) is 0.653. The van der Waals surface area contributed by atoms with Crippen LogP contribution in [0.5, 0.6) is 0 Å². The third kappa shape index (κ3) is 2.94. The topological polar surface area (TPSA) is 77.1 Å². The summed E-state index contributed by atoms with van der Waals surface area (Å²) in [6.07, 6.45) is 2.17. The molecule has 1 aromatic carbocycles. The van der Waals surface area contributed by atoms with Gasteiger partial charge in [-0.2, -0.15) is 5.10 Å². The lowest BCUT2D eigenvalue weighted by Gasteiger charge is -2.15. The van der Waals surface area contributed by atoms with E-state index < -0.39 is 0 Å². The maximum atomic E-state index is 12.5. The van der Waals surface area contributed by atoms with Gasteiger partial charge in [0.1, 0.15) is 0 Å². The van der Waals surface area contributed by atoms with E-state index in [4.69, 9.17) is 4.42 Å². The maximum absolute atomic E-state index is 12.5. The molecule has 0 atom stereocenters. The highest BCUT2D eigenvalue weighted by atomic mass is 79.9. The number of nitrogens with zero attached hydrogens (tertiary/aromatic N) is 5. The van der Waals surface area contributed by atoms with Crippen LogP contribution in [0, 0.1) is 13.8 Å². The Labute approximate surface area is 159 Å². The third-order valence-electron chi connectivity index (χ3n) is 4.52. The predicted molar refractivity (Wildman–Crippen MR) is 99.2 cm³/mol. The predicted octanol–water partition coefficient (Wildman–Crippen LogP) is 3.54. The van der Waals surface area contributed by atoms with Crippen molar-refractivity contribution in [3.05, 3.63) is 45.9 Å². The monoisotopic (exact) mass is 415 g/mol. The van der Waals surface area contributed by atoms with Crippen molar-refractivity contribution in [2.45, 2.75) is 26.7 Å². The summed E-state index contributed by atoms with van der Waals surface area (Å²) in [5, 5.41) is 12.5. The minimum atomic E-state index is 0.0921. The van der Waals surface area contributed by atoms with Crippen LogP contribution in [0.3, 0.4) is 0 Å². The molecule has 0 bridgehead atoms. The number of halogens is 1. The standard InChI is InChI=1S/C18H18BrN5O2/c1-11-15(19)16(17-21-20-12(2)26-17)22-24(11)14-7-5-13(6-8-14)18(25)23-9-3-4-10-23/h5-8H,3-4,9-10H2,1-2H3. The normalized spacial score (nSPS) is 14.2. The van der Waals surface area contributed by atoms with Gasteiger partial charge in [-0.3, -0.25) is 4.79 Å². The Balaban J connectivity index is 1.64. The maximum Gasteiger partial charge on any atom is 0.269 e. The van der Waals surface area contributed by atoms with E-state index in [9.17, 15) is 4.79 Å². The Morgan fingerprint density at radius 2 is 1.81 bits per heavy atom.